The van der Waals surface area contributed by atoms with E-state index in [9.17, 15) is 9.59 Å². The molecule has 1 aromatic rings. The van der Waals surface area contributed by atoms with Crippen LogP contribution in [0.5, 0.6) is 0 Å². The monoisotopic (exact) mass is 284 g/mol. The Morgan fingerprint density at radius 3 is 2.84 bits per heavy atom. The highest BCUT2D eigenvalue weighted by atomic mass is 35.5. The average Bonchev–Trinajstić information content (AvgIpc) is 2.34. The van der Waals surface area contributed by atoms with Crippen molar-refractivity contribution in [3.05, 3.63) is 28.5 Å². The molecule has 1 heterocycles. The van der Waals surface area contributed by atoms with E-state index in [1.165, 1.54) is 6.20 Å². The van der Waals surface area contributed by atoms with E-state index in [1.807, 2.05) is 0 Å². The van der Waals surface area contributed by atoms with Crippen LogP contribution in [0, 0.1) is 6.92 Å². The zero-order valence-electron chi connectivity index (χ0n) is 11.0. The molecule has 0 spiro atoms. The van der Waals surface area contributed by atoms with Crippen molar-refractivity contribution in [3.63, 3.8) is 0 Å². The normalized spacial score (nSPS) is 10.1. The smallest absolute Gasteiger partial charge is 0.305 e. The molecule has 0 radical (unpaired) electrons. The molecule has 19 heavy (non-hydrogen) atoms. The lowest BCUT2D eigenvalue weighted by atomic mass is 10.2. The van der Waals surface area contributed by atoms with Crippen molar-refractivity contribution < 1.29 is 14.3 Å². The van der Waals surface area contributed by atoms with Gasteiger partial charge in [0.2, 0.25) is 0 Å². The maximum atomic E-state index is 11.8. The summed E-state index contributed by atoms with van der Waals surface area (Å²) in [5, 5.41) is 3.06. The highest BCUT2D eigenvalue weighted by Crippen LogP contribution is 2.15. The summed E-state index contributed by atoms with van der Waals surface area (Å²) in [5.74, 6) is -0.548. The van der Waals surface area contributed by atoms with Crippen LogP contribution in [0.4, 0.5) is 0 Å². The predicted molar refractivity (Wildman–Crippen MR) is 72.2 cm³/mol. The van der Waals surface area contributed by atoms with E-state index < -0.39 is 0 Å². The third kappa shape index (κ3) is 5.26. The Bertz CT molecular complexity index is 463. The van der Waals surface area contributed by atoms with Gasteiger partial charge in [-0.3, -0.25) is 14.6 Å². The maximum Gasteiger partial charge on any atom is 0.305 e. The Hall–Kier alpha value is -1.62. The molecule has 0 aliphatic heterocycles. The summed E-state index contributed by atoms with van der Waals surface area (Å²) >= 11 is 5.95. The fourth-order valence-corrected chi connectivity index (χ4v) is 1.75. The first-order chi connectivity index (χ1) is 9.04. The number of halogens is 1. The van der Waals surface area contributed by atoms with Crippen molar-refractivity contribution in [2.75, 3.05) is 13.2 Å². The summed E-state index contributed by atoms with van der Waals surface area (Å²) in [6, 6.07) is 1.63. The van der Waals surface area contributed by atoms with Crippen LogP contribution >= 0.6 is 11.6 Å². The van der Waals surface area contributed by atoms with Gasteiger partial charge in [0.25, 0.3) is 5.91 Å². The predicted octanol–water partition coefficient (Wildman–Crippen LogP) is 2.12. The van der Waals surface area contributed by atoms with E-state index in [-0.39, 0.29) is 18.3 Å². The van der Waals surface area contributed by atoms with E-state index in [4.69, 9.17) is 16.3 Å². The van der Waals surface area contributed by atoms with Crippen LogP contribution in [0.2, 0.25) is 5.02 Å². The summed E-state index contributed by atoms with van der Waals surface area (Å²) in [5.41, 5.74) is 1.09. The number of rotatable bonds is 6. The first-order valence-electron chi connectivity index (χ1n) is 6.10. The molecule has 0 saturated heterocycles. The molecule has 0 atom stereocenters. The average molecular weight is 285 g/mol. The van der Waals surface area contributed by atoms with E-state index >= 15 is 0 Å². The maximum absolute atomic E-state index is 11.8. The SMILES string of the molecule is CCOC(=O)CCCNC(=O)c1cnc(C)cc1Cl. The second-order valence-corrected chi connectivity index (χ2v) is 4.38. The van der Waals surface area contributed by atoms with Crippen LogP contribution in [-0.4, -0.2) is 30.0 Å². The number of amides is 1. The van der Waals surface area contributed by atoms with Gasteiger partial charge in [0.1, 0.15) is 0 Å². The Morgan fingerprint density at radius 1 is 1.47 bits per heavy atom. The highest BCUT2D eigenvalue weighted by molar-refractivity contribution is 6.33. The molecule has 0 bridgehead atoms. The highest BCUT2D eigenvalue weighted by Gasteiger charge is 2.10. The summed E-state index contributed by atoms with van der Waals surface area (Å²) in [6.07, 6.45) is 2.26. The number of nitrogens with zero attached hydrogens (tertiary/aromatic N) is 1. The number of ether oxygens (including phenoxy) is 1. The number of pyridine rings is 1. The number of carbonyl (C=O) groups excluding carboxylic acids is 2. The van der Waals surface area contributed by atoms with E-state index in [1.54, 1.807) is 19.9 Å². The summed E-state index contributed by atoms with van der Waals surface area (Å²) in [7, 11) is 0. The Balaban J connectivity index is 2.37. The summed E-state index contributed by atoms with van der Waals surface area (Å²) in [4.78, 5) is 26.9. The molecule has 0 aliphatic carbocycles. The Kier molecular flexibility index (Phi) is 6.29. The number of hydrogen-bond donors (Lipinski definition) is 1. The van der Waals surface area contributed by atoms with Crippen molar-refractivity contribution in [1.82, 2.24) is 10.3 Å². The van der Waals surface area contributed by atoms with Crippen LogP contribution in [0.3, 0.4) is 0 Å². The first kappa shape index (κ1) is 15.4. The third-order valence-corrected chi connectivity index (χ3v) is 2.70. The Labute approximate surface area is 117 Å². The number of aromatic nitrogens is 1. The van der Waals surface area contributed by atoms with Crippen molar-refractivity contribution in [2.45, 2.75) is 26.7 Å². The van der Waals surface area contributed by atoms with E-state index in [0.717, 1.165) is 5.69 Å². The number of carbonyl (C=O) groups is 2. The number of hydrogen-bond acceptors (Lipinski definition) is 4. The number of nitrogens with one attached hydrogen (secondary N) is 1. The number of aryl methyl sites for hydroxylation is 1. The van der Waals surface area contributed by atoms with Gasteiger partial charge >= 0.3 is 5.97 Å². The van der Waals surface area contributed by atoms with Gasteiger partial charge in [0.05, 0.1) is 17.2 Å². The molecular formula is C13H17ClN2O3. The lowest BCUT2D eigenvalue weighted by Gasteiger charge is -2.06. The van der Waals surface area contributed by atoms with Crippen LogP contribution in [0.15, 0.2) is 12.3 Å². The molecule has 1 amide bonds. The lowest BCUT2D eigenvalue weighted by molar-refractivity contribution is -0.143. The van der Waals surface area contributed by atoms with E-state index in [2.05, 4.69) is 10.3 Å². The van der Waals surface area contributed by atoms with Gasteiger partial charge in [-0.15, -0.1) is 0 Å². The summed E-state index contributed by atoms with van der Waals surface area (Å²) in [6.45, 7) is 4.32. The second kappa shape index (κ2) is 7.74. The van der Waals surface area contributed by atoms with Gasteiger partial charge in [0, 0.05) is 24.9 Å². The quantitative estimate of drug-likeness (QED) is 0.642. The van der Waals surface area contributed by atoms with Gasteiger partial charge in [-0.25, -0.2) is 0 Å². The van der Waals surface area contributed by atoms with Crippen LogP contribution in [0.25, 0.3) is 0 Å². The molecule has 1 rings (SSSR count). The Morgan fingerprint density at radius 2 is 2.21 bits per heavy atom. The van der Waals surface area contributed by atoms with Gasteiger partial charge in [0.15, 0.2) is 0 Å². The van der Waals surface area contributed by atoms with Gasteiger partial charge < -0.3 is 10.1 Å². The first-order valence-corrected chi connectivity index (χ1v) is 6.48. The number of esters is 1. The molecule has 1 N–H and O–H groups in total. The molecule has 0 unspecified atom stereocenters. The van der Waals surface area contributed by atoms with Crippen molar-refractivity contribution in [2.24, 2.45) is 0 Å². The zero-order chi connectivity index (χ0) is 14.3. The molecule has 104 valence electrons. The topological polar surface area (TPSA) is 68.3 Å². The van der Waals surface area contributed by atoms with Gasteiger partial charge in [-0.2, -0.15) is 0 Å². The van der Waals surface area contributed by atoms with Crippen molar-refractivity contribution >= 4 is 23.5 Å². The van der Waals surface area contributed by atoms with Gasteiger partial charge in [-0.1, -0.05) is 11.6 Å². The summed E-state index contributed by atoms with van der Waals surface area (Å²) < 4.78 is 4.78. The minimum atomic E-state index is -0.290. The fraction of sp³-hybridized carbons (Fsp3) is 0.462. The third-order valence-electron chi connectivity index (χ3n) is 2.38. The molecule has 0 fully saturated rings. The molecule has 6 heteroatoms. The van der Waals surface area contributed by atoms with Crippen LogP contribution in [0.1, 0.15) is 35.8 Å². The van der Waals surface area contributed by atoms with Crippen molar-refractivity contribution in [3.8, 4) is 0 Å². The van der Waals surface area contributed by atoms with Crippen LogP contribution in [-0.2, 0) is 9.53 Å². The molecule has 0 aromatic carbocycles. The zero-order valence-corrected chi connectivity index (χ0v) is 11.8. The lowest BCUT2D eigenvalue weighted by Crippen LogP contribution is -2.25. The largest absolute Gasteiger partial charge is 0.466 e. The molecule has 0 aliphatic rings. The minimum absolute atomic E-state index is 0.258. The van der Waals surface area contributed by atoms with Crippen LogP contribution < -0.4 is 5.32 Å². The van der Waals surface area contributed by atoms with E-state index in [0.29, 0.717) is 30.2 Å². The standard InChI is InChI=1S/C13H17ClN2O3/c1-3-19-12(17)5-4-6-15-13(18)10-8-16-9(2)7-11(10)14/h7-8H,3-6H2,1-2H3,(H,15,18). The minimum Gasteiger partial charge on any atom is -0.466 e. The van der Waals surface area contributed by atoms with Crippen molar-refractivity contribution in [1.29, 1.82) is 0 Å². The molecular weight excluding hydrogens is 268 g/mol. The fourth-order valence-electron chi connectivity index (χ4n) is 1.46. The second-order valence-electron chi connectivity index (χ2n) is 3.97. The molecule has 0 saturated carbocycles. The molecule has 5 nitrogen and oxygen atoms in total. The van der Waals surface area contributed by atoms with Gasteiger partial charge in [-0.05, 0) is 26.3 Å². The molecule has 1 aromatic heterocycles.